The first-order valence-electron chi connectivity index (χ1n) is 9.60. The first-order chi connectivity index (χ1) is 13.4. The highest BCUT2D eigenvalue weighted by atomic mass is 16.5. The predicted octanol–water partition coefficient (Wildman–Crippen LogP) is 1.50. The zero-order chi connectivity index (χ0) is 20.5. The number of likely N-dealkylation sites (N-methyl/N-ethyl adjacent to an activating group) is 1. The van der Waals surface area contributed by atoms with Gasteiger partial charge in [0.05, 0.1) is 25.9 Å². The van der Waals surface area contributed by atoms with Crippen LogP contribution >= 0.6 is 0 Å². The number of urea groups is 1. The zero-order valence-electron chi connectivity index (χ0n) is 16.9. The second kappa shape index (κ2) is 10.9. The van der Waals surface area contributed by atoms with Crippen molar-refractivity contribution in [3.05, 3.63) is 29.3 Å². The van der Waals surface area contributed by atoms with E-state index in [2.05, 4.69) is 18.3 Å². The molecule has 0 saturated carbocycles. The summed E-state index contributed by atoms with van der Waals surface area (Å²) in [5.41, 5.74) is 2.33. The number of ether oxygens (including phenoxy) is 2. The molecule has 0 aromatic heterocycles. The van der Waals surface area contributed by atoms with Crippen molar-refractivity contribution in [3.63, 3.8) is 0 Å². The summed E-state index contributed by atoms with van der Waals surface area (Å²) in [6.45, 7) is 7.02. The molecule has 0 aliphatic carbocycles. The summed E-state index contributed by atoms with van der Waals surface area (Å²) in [5, 5.41) is 11.7. The second-order valence-corrected chi connectivity index (χ2v) is 7.16. The molecule has 1 aromatic rings. The molecule has 1 heterocycles. The van der Waals surface area contributed by atoms with Crippen LogP contribution in [0.2, 0.25) is 0 Å². The molecule has 28 heavy (non-hydrogen) atoms. The maximum Gasteiger partial charge on any atom is 0.317 e. The highest BCUT2D eigenvalue weighted by Crippen LogP contribution is 2.20. The van der Waals surface area contributed by atoms with E-state index < -0.39 is 5.97 Å². The number of carboxylic acid groups (broad SMARTS) is 1. The Morgan fingerprint density at radius 3 is 2.93 bits per heavy atom. The molecule has 1 saturated heterocycles. The van der Waals surface area contributed by atoms with Gasteiger partial charge in [-0.2, -0.15) is 0 Å². The number of carbonyl (C=O) groups excluding carboxylic acids is 1. The van der Waals surface area contributed by atoms with Crippen molar-refractivity contribution in [2.75, 3.05) is 53.0 Å². The van der Waals surface area contributed by atoms with Gasteiger partial charge in [0.2, 0.25) is 0 Å². The minimum Gasteiger partial charge on any atom is -0.493 e. The Bertz CT molecular complexity index is 667. The summed E-state index contributed by atoms with van der Waals surface area (Å²) in [6, 6.07) is 5.86. The van der Waals surface area contributed by atoms with Gasteiger partial charge in [0.15, 0.2) is 0 Å². The molecule has 1 aliphatic rings. The van der Waals surface area contributed by atoms with Crippen LogP contribution in [0.25, 0.3) is 0 Å². The van der Waals surface area contributed by atoms with E-state index in [9.17, 15) is 9.59 Å². The number of nitrogens with one attached hydrogen (secondary N) is 1. The van der Waals surface area contributed by atoms with E-state index in [1.165, 1.54) is 5.56 Å². The molecule has 2 amide bonds. The maximum atomic E-state index is 12.3. The van der Waals surface area contributed by atoms with Crippen molar-refractivity contribution < 1.29 is 24.2 Å². The van der Waals surface area contributed by atoms with Gasteiger partial charge in [0.25, 0.3) is 0 Å². The Hall–Kier alpha value is -2.32. The fourth-order valence-corrected chi connectivity index (χ4v) is 3.10. The highest BCUT2D eigenvalue weighted by molar-refractivity contribution is 5.74. The van der Waals surface area contributed by atoms with E-state index in [0.29, 0.717) is 45.8 Å². The lowest BCUT2D eigenvalue weighted by molar-refractivity contribution is -0.138. The van der Waals surface area contributed by atoms with Crippen LogP contribution in [0.15, 0.2) is 18.2 Å². The van der Waals surface area contributed by atoms with Crippen LogP contribution in [0.3, 0.4) is 0 Å². The largest absolute Gasteiger partial charge is 0.493 e. The molecule has 0 spiro atoms. The quantitative estimate of drug-likeness (QED) is 0.618. The van der Waals surface area contributed by atoms with Crippen LogP contribution in [-0.2, 0) is 9.53 Å². The van der Waals surface area contributed by atoms with Gasteiger partial charge in [0.1, 0.15) is 5.75 Å². The lowest BCUT2D eigenvalue weighted by atomic mass is 10.1. The molecule has 0 bridgehead atoms. The smallest absolute Gasteiger partial charge is 0.317 e. The Labute approximate surface area is 166 Å². The lowest BCUT2D eigenvalue weighted by Gasteiger charge is -2.34. The molecule has 1 aromatic carbocycles. The van der Waals surface area contributed by atoms with Gasteiger partial charge in [-0.05, 0) is 44.5 Å². The molecule has 1 fully saturated rings. The van der Waals surface area contributed by atoms with Crippen LogP contribution in [0.5, 0.6) is 5.75 Å². The third-order valence-electron chi connectivity index (χ3n) is 4.76. The topological polar surface area (TPSA) is 91.3 Å². The molecule has 8 heteroatoms. The SMILES string of the molecule is Cc1cccc(OCCCNC(=O)N2CCOC(CN(C)CC(=O)O)C2)c1C. The molecule has 1 aliphatic heterocycles. The van der Waals surface area contributed by atoms with Gasteiger partial charge < -0.3 is 24.8 Å². The number of carboxylic acids is 1. The van der Waals surface area contributed by atoms with Crippen molar-refractivity contribution in [1.29, 1.82) is 0 Å². The van der Waals surface area contributed by atoms with Gasteiger partial charge in [-0.25, -0.2) is 4.79 Å². The monoisotopic (exact) mass is 393 g/mol. The molecule has 0 radical (unpaired) electrons. The Morgan fingerprint density at radius 2 is 2.18 bits per heavy atom. The number of nitrogens with zero attached hydrogens (tertiary/aromatic N) is 2. The van der Waals surface area contributed by atoms with E-state index in [4.69, 9.17) is 14.6 Å². The zero-order valence-corrected chi connectivity index (χ0v) is 16.9. The molecular formula is C20H31N3O5. The van der Waals surface area contributed by atoms with Crippen LogP contribution in [-0.4, -0.2) is 86.0 Å². The molecule has 1 atom stereocenters. The third kappa shape index (κ3) is 7.01. The summed E-state index contributed by atoms with van der Waals surface area (Å²) in [7, 11) is 1.73. The standard InChI is InChI=1S/C20H31N3O5/c1-15-6-4-7-18(16(15)2)28-10-5-8-21-20(26)23-9-11-27-17(13-23)12-22(3)14-19(24)25/h4,6-7,17H,5,8-14H2,1-3H3,(H,21,26)(H,24,25). The molecule has 2 rings (SSSR count). The third-order valence-corrected chi connectivity index (χ3v) is 4.76. The minimum absolute atomic E-state index is 0.0491. The molecule has 1 unspecified atom stereocenters. The highest BCUT2D eigenvalue weighted by Gasteiger charge is 2.25. The molecule has 2 N–H and O–H groups in total. The summed E-state index contributed by atoms with van der Waals surface area (Å²) in [5.74, 6) is 0.00353. The maximum absolute atomic E-state index is 12.3. The molecule has 156 valence electrons. The number of hydrogen-bond acceptors (Lipinski definition) is 5. The van der Waals surface area contributed by atoms with Crippen molar-refractivity contribution >= 4 is 12.0 Å². The van der Waals surface area contributed by atoms with E-state index >= 15 is 0 Å². The fourth-order valence-electron chi connectivity index (χ4n) is 3.10. The number of aliphatic carboxylic acids is 1. The normalized spacial score (nSPS) is 16.9. The Morgan fingerprint density at radius 1 is 1.39 bits per heavy atom. The van der Waals surface area contributed by atoms with E-state index in [1.807, 2.05) is 19.1 Å². The minimum atomic E-state index is -0.879. The summed E-state index contributed by atoms with van der Waals surface area (Å²) < 4.78 is 11.4. The van der Waals surface area contributed by atoms with Crippen molar-refractivity contribution in [1.82, 2.24) is 15.1 Å². The molecular weight excluding hydrogens is 362 g/mol. The van der Waals surface area contributed by atoms with Crippen LogP contribution in [0, 0.1) is 13.8 Å². The van der Waals surface area contributed by atoms with Crippen molar-refractivity contribution in [3.8, 4) is 5.75 Å². The average molecular weight is 393 g/mol. The number of carbonyl (C=O) groups is 2. The van der Waals surface area contributed by atoms with Crippen molar-refractivity contribution in [2.24, 2.45) is 0 Å². The van der Waals surface area contributed by atoms with Crippen molar-refractivity contribution in [2.45, 2.75) is 26.4 Å². The number of rotatable bonds is 9. The number of hydrogen-bond donors (Lipinski definition) is 2. The summed E-state index contributed by atoms with van der Waals surface area (Å²) in [6.07, 6.45) is 0.533. The first-order valence-corrected chi connectivity index (χ1v) is 9.60. The van der Waals surface area contributed by atoms with Gasteiger partial charge in [-0.15, -0.1) is 0 Å². The number of morpholine rings is 1. The van der Waals surface area contributed by atoms with Crippen LogP contribution in [0.4, 0.5) is 4.79 Å². The number of amides is 2. The Kier molecular flexibility index (Phi) is 8.53. The van der Waals surface area contributed by atoms with Crippen LogP contribution in [0.1, 0.15) is 17.5 Å². The fraction of sp³-hybridized carbons (Fsp3) is 0.600. The van der Waals surface area contributed by atoms with Gasteiger partial charge in [0, 0.05) is 26.2 Å². The lowest BCUT2D eigenvalue weighted by Crippen LogP contribution is -2.52. The summed E-state index contributed by atoms with van der Waals surface area (Å²) >= 11 is 0. The van der Waals surface area contributed by atoms with E-state index in [-0.39, 0.29) is 18.7 Å². The van der Waals surface area contributed by atoms with Gasteiger partial charge in [-0.3, -0.25) is 9.69 Å². The van der Waals surface area contributed by atoms with E-state index in [0.717, 1.165) is 11.3 Å². The number of aryl methyl sites for hydroxylation is 1. The number of benzene rings is 1. The summed E-state index contributed by atoms with van der Waals surface area (Å²) in [4.78, 5) is 26.5. The average Bonchev–Trinajstić information content (AvgIpc) is 2.64. The van der Waals surface area contributed by atoms with Gasteiger partial charge in [-0.1, -0.05) is 12.1 Å². The first kappa shape index (κ1) is 22.0. The van der Waals surface area contributed by atoms with Crippen LogP contribution < -0.4 is 10.1 Å². The molecule has 8 nitrogen and oxygen atoms in total. The second-order valence-electron chi connectivity index (χ2n) is 7.16. The van der Waals surface area contributed by atoms with Gasteiger partial charge >= 0.3 is 12.0 Å². The predicted molar refractivity (Wildman–Crippen MR) is 106 cm³/mol. The Balaban J connectivity index is 1.66. The van der Waals surface area contributed by atoms with E-state index in [1.54, 1.807) is 16.8 Å².